The Kier molecular flexibility index (Phi) is 8.74. The third kappa shape index (κ3) is 6.71. The maximum atomic E-state index is 12.5. The number of piperazine rings is 1. The average Bonchev–Trinajstić information content (AvgIpc) is 2.81. The van der Waals surface area contributed by atoms with Gasteiger partial charge in [-0.05, 0) is 29.7 Å². The van der Waals surface area contributed by atoms with Crippen LogP contribution in [-0.4, -0.2) is 69.2 Å². The average molecular weight is 426 g/mol. The van der Waals surface area contributed by atoms with E-state index in [1.807, 2.05) is 18.2 Å². The molecule has 1 aliphatic heterocycles. The molecule has 0 aromatic heterocycles. The predicted octanol–water partition coefficient (Wildman–Crippen LogP) is 3.13. The molecule has 1 atom stereocenters. The number of carbonyl (C=O) groups excluding carboxylic acids is 1. The summed E-state index contributed by atoms with van der Waals surface area (Å²) in [5, 5.41) is 3.13. The Balaban J connectivity index is 1.41. The van der Waals surface area contributed by atoms with Gasteiger partial charge >= 0.3 is 0 Å². The van der Waals surface area contributed by atoms with E-state index in [1.54, 1.807) is 14.2 Å². The zero-order valence-corrected chi connectivity index (χ0v) is 19.0. The molecule has 0 bridgehead atoms. The van der Waals surface area contributed by atoms with Crippen LogP contribution in [0.15, 0.2) is 48.5 Å². The summed E-state index contributed by atoms with van der Waals surface area (Å²) < 4.78 is 10.7. The van der Waals surface area contributed by atoms with Gasteiger partial charge in [-0.15, -0.1) is 0 Å². The van der Waals surface area contributed by atoms with E-state index >= 15 is 0 Å². The molecule has 6 heteroatoms. The first-order valence-corrected chi connectivity index (χ1v) is 11.1. The van der Waals surface area contributed by atoms with Crippen molar-refractivity contribution in [1.82, 2.24) is 15.1 Å². The SMILES string of the molecule is CC[C@@H](CNC(=O)CN1CCN(Cc2ccc(OC)c(OC)c2)CC1)c1ccccc1. The fourth-order valence-electron chi connectivity index (χ4n) is 4.06. The van der Waals surface area contributed by atoms with Gasteiger partial charge in [-0.3, -0.25) is 14.6 Å². The van der Waals surface area contributed by atoms with Crippen molar-refractivity contribution in [3.63, 3.8) is 0 Å². The Morgan fingerprint density at radius 2 is 1.65 bits per heavy atom. The molecule has 2 aromatic carbocycles. The van der Waals surface area contributed by atoms with Crippen LogP contribution < -0.4 is 14.8 Å². The minimum atomic E-state index is 0.114. The molecule has 1 fully saturated rings. The van der Waals surface area contributed by atoms with Crippen molar-refractivity contribution in [2.75, 3.05) is 53.5 Å². The Labute approximate surface area is 186 Å². The highest BCUT2D eigenvalue weighted by atomic mass is 16.5. The minimum Gasteiger partial charge on any atom is -0.493 e. The van der Waals surface area contributed by atoms with E-state index in [-0.39, 0.29) is 5.91 Å². The molecule has 3 rings (SSSR count). The molecule has 2 aromatic rings. The number of nitrogens with one attached hydrogen (secondary N) is 1. The molecule has 168 valence electrons. The van der Waals surface area contributed by atoms with Crippen LogP contribution in [0.2, 0.25) is 0 Å². The molecule has 1 heterocycles. The zero-order chi connectivity index (χ0) is 22.1. The van der Waals surface area contributed by atoms with Crippen molar-refractivity contribution in [2.24, 2.45) is 0 Å². The van der Waals surface area contributed by atoms with E-state index in [9.17, 15) is 4.79 Å². The Bertz CT molecular complexity index is 820. The van der Waals surface area contributed by atoms with Gasteiger partial charge in [0.05, 0.1) is 20.8 Å². The first kappa shape index (κ1) is 23.1. The third-order valence-corrected chi connectivity index (χ3v) is 6.00. The van der Waals surface area contributed by atoms with Crippen LogP contribution in [0.1, 0.15) is 30.4 Å². The second kappa shape index (κ2) is 11.7. The Morgan fingerprint density at radius 3 is 2.29 bits per heavy atom. The van der Waals surface area contributed by atoms with E-state index in [2.05, 4.69) is 52.4 Å². The predicted molar refractivity (Wildman–Crippen MR) is 124 cm³/mol. The normalized spacial score (nSPS) is 16.0. The highest BCUT2D eigenvalue weighted by Gasteiger charge is 2.20. The summed E-state index contributed by atoms with van der Waals surface area (Å²) in [6.07, 6.45) is 1.01. The fourth-order valence-corrected chi connectivity index (χ4v) is 4.06. The smallest absolute Gasteiger partial charge is 0.234 e. The van der Waals surface area contributed by atoms with Crippen molar-refractivity contribution >= 4 is 5.91 Å². The molecule has 1 N–H and O–H groups in total. The lowest BCUT2D eigenvalue weighted by Gasteiger charge is -2.34. The van der Waals surface area contributed by atoms with Gasteiger partial charge in [0.2, 0.25) is 5.91 Å². The summed E-state index contributed by atoms with van der Waals surface area (Å²) in [5.74, 6) is 1.99. The molecule has 0 radical (unpaired) electrons. The van der Waals surface area contributed by atoms with Crippen molar-refractivity contribution in [3.8, 4) is 11.5 Å². The van der Waals surface area contributed by atoms with Crippen molar-refractivity contribution in [1.29, 1.82) is 0 Å². The summed E-state index contributed by atoms with van der Waals surface area (Å²) in [5.41, 5.74) is 2.49. The van der Waals surface area contributed by atoms with Gasteiger partial charge in [-0.1, -0.05) is 43.3 Å². The van der Waals surface area contributed by atoms with Crippen LogP contribution in [0.3, 0.4) is 0 Å². The van der Waals surface area contributed by atoms with Crippen LogP contribution in [0, 0.1) is 0 Å². The van der Waals surface area contributed by atoms with Crippen LogP contribution in [-0.2, 0) is 11.3 Å². The monoisotopic (exact) mass is 425 g/mol. The number of hydrogen-bond donors (Lipinski definition) is 1. The van der Waals surface area contributed by atoms with Gasteiger partial charge in [0, 0.05) is 45.2 Å². The molecule has 0 unspecified atom stereocenters. The quantitative estimate of drug-likeness (QED) is 0.634. The van der Waals surface area contributed by atoms with E-state index in [0.29, 0.717) is 19.0 Å². The largest absolute Gasteiger partial charge is 0.493 e. The molecule has 1 amide bonds. The lowest BCUT2D eigenvalue weighted by Crippen LogP contribution is -2.49. The van der Waals surface area contributed by atoms with E-state index in [1.165, 1.54) is 11.1 Å². The number of methoxy groups -OCH3 is 2. The molecule has 6 nitrogen and oxygen atoms in total. The topological polar surface area (TPSA) is 54.0 Å². The Morgan fingerprint density at radius 1 is 0.968 bits per heavy atom. The molecule has 31 heavy (non-hydrogen) atoms. The highest BCUT2D eigenvalue weighted by Crippen LogP contribution is 2.28. The number of benzene rings is 2. The summed E-state index contributed by atoms with van der Waals surface area (Å²) in [6, 6.07) is 16.5. The molecule has 1 aliphatic rings. The lowest BCUT2D eigenvalue weighted by atomic mass is 9.96. The number of hydrogen-bond acceptors (Lipinski definition) is 5. The number of nitrogens with zero attached hydrogens (tertiary/aromatic N) is 2. The van der Waals surface area contributed by atoms with Gasteiger partial charge in [0.25, 0.3) is 0 Å². The third-order valence-electron chi connectivity index (χ3n) is 6.00. The first-order valence-electron chi connectivity index (χ1n) is 11.1. The molecule has 0 aliphatic carbocycles. The van der Waals surface area contributed by atoms with E-state index < -0.39 is 0 Å². The summed E-state index contributed by atoms with van der Waals surface area (Å²) in [7, 11) is 3.31. The summed E-state index contributed by atoms with van der Waals surface area (Å²) in [6.45, 7) is 7.89. The maximum absolute atomic E-state index is 12.5. The van der Waals surface area contributed by atoms with Crippen LogP contribution in [0.4, 0.5) is 0 Å². The van der Waals surface area contributed by atoms with Crippen LogP contribution >= 0.6 is 0 Å². The fraction of sp³-hybridized carbons (Fsp3) is 0.480. The van der Waals surface area contributed by atoms with Gasteiger partial charge < -0.3 is 14.8 Å². The standard InChI is InChI=1S/C25H35N3O3/c1-4-21(22-8-6-5-7-9-22)17-26-25(29)19-28-14-12-27(13-15-28)18-20-10-11-23(30-2)24(16-20)31-3/h5-11,16,21H,4,12-15,17-19H2,1-3H3,(H,26,29)/t21-/m0/s1. The van der Waals surface area contributed by atoms with Crippen LogP contribution in [0.25, 0.3) is 0 Å². The first-order chi connectivity index (χ1) is 15.1. The van der Waals surface area contributed by atoms with Gasteiger partial charge in [0.1, 0.15) is 0 Å². The molecule has 0 saturated carbocycles. The van der Waals surface area contributed by atoms with E-state index in [0.717, 1.165) is 50.6 Å². The van der Waals surface area contributed by atoms with E-state index in [4.69, 9.17) is 9.47 Å². The molecule has 1 saturated heterocycles. The molecule has 0 spiro atoms. The zero-order valence-electron chi connectivity index (χ0n) is 19.0. The number of rotatable bonds is 10. The summed E-state index contributed by atoms with van der Waals surface area (Å²) in [4.78, 5) is 17.1. The Hall–Kier alpha value is -2.57. The number of amides is 1. The maximum Gasteiger partial charge on any atom is 0.234 e. The van der Waals surface area contributed by atoms with Crippen LogP contribution in [0.5, 0.6) is 11.5 Å². The van der Waals surface area contributed by atoms with Gasteiger partial charge in [-0.2, -0.15) is 0 Å². The number of ether oxygens (including phenoxy) is 2. The van der Waals surface area contributed by atoms with Crippen molar-refractivity contribution in [3.05, 3.63) is 59.7 Å². The second-order valence-electron chi connectivity index (χ2n) is 8.06. The van der Waals surface area contributed by atoms with Crippen molar-refractivity contribution in [2.45, 2.75) is 25.8 Å². The van der Waals surface area contributed by atoms with Gasteiger partial charge in [0.15, 0.2) is 11.5 Å². The highest BCUT2D eigenvalue weighted by molar-refractivity contribution is 5.78. The molecular formula is C25H35N3O3. The number of carbonyl (C=O) groups is 1. The van der Waals surface area contributed by atoms with Gasteiger partial charge in [-0.25, -0.2) is 0 Å². The minimum absolute atomic E-state index is 0.114. The molecular weight excluding hydrogens is 390 g/mol. The second-order valence-corrected chi connectivity index (χ2v) is 8.06. The summed E-state index contributed by atoms with van der Waals surface area (Å²) >= 11 is 0. The van der Waals surface area contributed by atoms with Crippen molar-refractivity contribution < 1.29 is 14.3 Å². The lowest BCUT2D eigenvalue weighted by molar-refractivity contribution is -0.122.